The maximum atomic E-state index is 6.24. The smallest absolute Gasteiger partial charge is 0.0948 e. The van der Waals surface area contributed by atoms with Gasteiger partial charge >= 0.3 is 0 Å². The minimum atomic E-state index is 0.276. The Hall–Kier alpha value is -1.32. The van der Waals surface area contributed by atoms with Gasteiger partial charge in [-0.1, -0.05) is 24.4 Å². The monoisotopic (exact) mass is 290 g/mol. The first kappa shape index (κ1) is 13.7. The summed E-state index contributed by atoms with van der Waals surface area (Å²) in [6.45, 7) is 0. The number of hydrogen-bond acceptors (Lipinski definition) is 3. The molecule has 2 unspecified atom stereocenters. The van der Waals surface area contributed by atoms with Crippen LogP contribution in [-0.2, 0) is 4.74 Å². The van der Waals surface area contributed by atoms with Gasteiger partial charge in [-0.05, 0) is 37.1 Å². The normalized spacial score (nSPS) is 22.9. The van der Waals surface area contributed by atoms with E-state index < -0.39 is 0 Å². The van der Waals surface area contributed by atoms with Crippen LogP contribution in [0.15, 0.2) is 30.5 Å². The van der Waals surface area contributed by atoms with Crippen LogP contribution in [0.5, 0.6) is 0 Å². The Bertz CT molecular complexity index is 602. The van der Waals surface area contributed by atoms with Gasteiger partial charge < -0.3 is 10.1 Å². The van der Waals surface area contributed by atoms with Gasteiger partial charge in [0, 0.05) is 18.7 Å². The van der Waals surface area contributed by atoms with E-state index in [2.05, 4.69) is 10.3 Å². The van der Waals surface area contributed by atoms with E-state index in [9.17, 15) is 0 Å². The lowest BCUT2D eigenvalue weighted by atomic mass is 9.92. The molecular formula is C16H19ClN2O. The Labute approximate surface area is 124 Å². The average molecular weight is 291 g/mol. The van der Waals surface area contributed by atoms with E-state index in [0.717, 1.165) is 34.5 Å². The maximum Gasteiger partial charge on any atom is 0.0948 e. The lowest BCUT2D eigenvalue weighted by Crippen LogP contribution is -2.37. The molecule has 2 atom stereocenters. The zero-order valence-corrected chi connectivity index (χ0v) is 12.4. The largest absolute Gasteiger partial charge is 0.379 e. The van der Waals surface area contributed by atoms with Crippen LogP contribution in [-0.4, -0.2) is 24.2 Å². The van der Waals surface area contributed by atoms with Crippen molar-refractivity contribution in [2.75, 3.05) is 12.4 Å². The molecule has 1 aromatic carbocycles. The molecule has 1 aliphatic rings. The van der Waals surface area contributed by atoms with Crippen molar-refractivity contribution in [2.45, 2.75) is 37.8 Å². The number of hydrogen-bond donors (Lipinski definition) is 1. The number of ether oxygens (including phenoxy) is 1. The molecule has 0 aliphatic heterocycles. The van der Waals surface area contributed by atoms with Crippen molar-refractivity contribution in [1.82, 2.24) is 4.98 Å². The average Bonchev–Trinajstić information content (AvgIpc) is 2.51. The molecule has 4 heteroatoms. The summed E-state index contributed by atoms with van der Waals surface area (Å²) in [6, 6.07) is 8.21. The molecular weight excluding hydrogens is 272 g/mol. The quantitative estimate of drug-likeness (QED) is 0.917. The minimum Gasteiger partial charge on any atom is -0.379 e. The van der Waals surface area contributed by atoms with Gasteiger partial charge in [0.2, 0.25) is 0 Å². The number of halogens is 1. The van der Waals surface area contributed by atoms with Gasteiger partial charge in [0.25, 0.3) is 0 Å². The van der Waals surface area contributed by atoms with Gasteiger partial charge in [-0.3, -0.25) is 4.98 Å². The highest BCUT2D eigenvalue weighted by Crippen LogP contribution is 2.31. The van der Waals surface area contributed by atoms with E-state index in [0.29, 0.717) is 6.04 Å². The van der Waals surface area contributed by atoms with E-state index in [1.165, 1.54) is 12.8 Å². The van der Waals surface area contributed by atoms with Crippen LogP contribution in [0.4, 0.5) is 5.69 Å². The number of nitrogens with one attached hydrogen (secondary N) is 1. The highest BCUT2D eigenvalue weighted by Gasteiger charge is 2.25. The predicted molar refractivity (Wildman–Crippen MR) is 83.4 cm³/mol. The molecule has 3 rings (SSSR count). The van der Waals surface area contributed by atoms with E-state index in [-0.39, 0.29) is 6.10 Å². The summed E-state index contributed by atoms with van der Waals surface area (Å²) >= 11 is 6.24. The Balaban J connectivity index is 1.92. The second-order valence-electron chi connectivity index (χ2n) is 5.30. The number of benzene rings is 1. The molecule has 0 bridgehead atoms. The summed E-state index contributed by atoms with van der Waals surface area (Å²) in [5.74, 6) is 0. The standard InChI is InChI=1S/C16H19ClN2O/c1-20-15-7-3-2-6-13(15)19-14-9-8-12(17)11-5-4-10-18-16(11)14/h4-5,8-10,13,15,19H,2-3,6-7H2,1H3. The number of pyridine rings is 1. The summed E-state index contributed by atoms with van der Waals surface area (Å²) in [5, 5.41) is 5.34. The summed E-state index contributed by atoms with van der Waals surface area (Å²) in [7, 11) is 1.79. The van der Waals surface area contributed by atoms with Gasteiger partial charge in [0.15, 0.2) is 0 Å². The first-order chi connectivity index (χ1) is 9.79. The van der Waals surface area contributed by atoms with Crippen LogP contribution in [0.2, 0.25) is 5.02 Å². The minimum absolute atomic E-state index is 0.276. The first-order valence-electron chi connectivity index (χ1n) is 7.12. The molecule has 3 nitrogen and oxygen atoms in total. The van der Waals surface area contributed by atoms with Gasteiger partial charge in [-0.2, -0.15) is 0 Å². The van der Waals surface area contributed by atoms with Crippen molar-refractivity contribution in [3.05, 3.63) is 35.5 Å². The molecule has 106 valence electrons. The molecule has 0 spiro atoms. The summed E-state index contributed by atoms with van der Waals surface area (Å²) in [6.07, 6.45) is 6.83. The second-order valence-corrected chi connectivity index (χ2v) is 5.71. The third kappa shape index (κ3) is 2.60. The Morgan fingerprint density at radius 2 is 2.10 bits per heavy atom. The van der Waals surface area contributed by atoms with Gasteiger partial charge in [0.05, 0.1) is 28.4 Å². The highest BCUT2D eigenvalue weighted by atomic mass is 35.5. The predicted octanol–water partition coefficient (Wildman–Crippen LogP) is 4.26. The van der Waals surface area contributed by atoms with Crippen molar-refractivity contribution in [1.29, 1.82) is 0 Å². The van der Waals surface area contributed by atoms with Gasteiger partial charge in [0.1, 0.15) is 0 Å². The summed E-state index contributed by atoms with van der Waals surface area (Å²) < 4.78 is 5.60. The Morgan fingerprint density at radius 3 is 2.95 bits per heavy atom. The lowest BCUT2D eigenvalue weighted by molar-refractivity contribution is 0.0606. The third-order valence-electron chi connectivity index (χ3n) is 4.06. The van der Waals surface area contributed by atoms with E-state index >= 15 is 0 Å². The first-order valence-corrected chi connectivity index (χ1v) is 7.50. The molecule has 0 radical (unpaired) electrons. The molecule has 20 heavy (non-hydrogen) atoms. The molecule has 0 saturated heterocycles. The number of rotatable bonds is 3. The number of nitrogens with zero attached hydrogens (tertiary/aromatic N) is 1. The summed E-state index contributed by atoms with van der Waals surface area (Å²) in [4.78, 5) is 4.47. The van der Waals surface area contributed by atoms with Crippen molar-refractivity contribution in [2.24, 2.45) is 0 Å². The van der Waals surface area contributed by atoms with Crippen molar-refractivity contribution in [3.8, 4) is 0 Å². The second kappa shape index (κ2) is 5.98. The topological polar surface area (TPSA) is 34.1 Å². The van der Waals surface area contributed by atoms with Gasteiger partial charge in [-0.25, -0.2) is 0 Å². The molecule has 1 aromatic heterocycles. The molecule has 1 saturated carbocycles. The van der Waals surface area contributed by atoms with Crippen molar-refractivity contribution < 1.29 is 4.74 Å². The van der Waals surface area contributed by atoms with Crippen LogP contribution in [0, 0.1) is 0 Å². The van der Waals surface area contributed by atoms with E-state index in [1.54, 1.807) is 13.3 Å². The van der Waals surface area contributed by atoms with Crippen LogP contribution in [0.3, 0.4) is 0 Å². The Kier molecular flexibility index (Phi) is 4.08. The summed E-state index contributed by atoms with van der Waals surface area (Å²) in [5.41, 5.74) is 1.97. The molecule has 0 amide bonds. The zero-order chi connectivity index (χ0) is 13.9. The highest BCUT2D eigenvalue weighted by molar-refractivity contribution is 6.35. The van der Waals surface area contributed by atoms with E-state index in [4.69, 9.17) is 16.3 Å². The fourth-order valence-electron chi connectivity index (χ4n) is 3.00. The Morgan fingerprint density at radius 1 is 1.25 bits per heavy atom. The fourth-order valence-corrected chi connectivity index (χ4v) is 3.21. The number of aromatic nitrogens is 1. The zero-order valence-electron chi connectivity index (χ0n) is 11.6. The van der Waals surface area contributed by atoms with E-state index in [1.807, 2.05) is 24.3 Å². The molecule has 1 aliphatic carbocycles. The third-order valence-corrected chi connectivity index (χ3v) is 4.39. The molecule has 1 heterocycles. The van der Waals surface area contributed by atoms with Gasteiger partial charge in [-0.15, -0.1) is 0 Å². The maximum absolute atomic E-state index is 6.24. The number of methoxy groups -OCH3 is 1. The van der Waals surface area contributed by atoms with Crippen molar-refractivity contribution >= 4 is 28.2 Å². The van der Waals surface area contributed by atoms with Crippen LogP contribution in [0.25, 0.3) is 10.9 Å². The number of anilines is 1. The molecule has 1 N–H and O–H groups in total. The lowest BCUT2D eigenvalue weighted by Gasteiger charge is -2.32. The number of fused-ring (bicyclic) bond motifs is 1. The van der Waals surface area contributed by atoms with Crippen LogP contribution in [0.1, 0.15) is 25.7 Å². The van der Waals surface area contributed by atoms with Crippen molar-refractivity contribution in [3.63, 3.8) is 0 Å². The van der Waals surface area contributed by atoms with Crippen LogP contribution >= 0.6 is 11.6 Å². The van der Waals surface area contributed by atoms with Crippen LogP contribution < -0.4 is 5.32 Å². The SMILES string of the molecule is COC1CCCCC1Nc1ccc(Cl)c2cccnc12. The molecule has 2 aromatic rings. The fraction of sp³-hybridized carbons (Fsp3) is 0.438. The molecule has 1 fully saturated rings.